The van der Waals surface area contributed by atoms with Crippen LogP contribution in [0.25, 0.3) is 10.8 Å². The summed E-state index contributed by atoms with van der Waals surface area (Å²) in [6.45, 7) is 2.45. The second-order valence-corrected chi connectivity index (χ2v) is 5.73. The highest BCUT2D eigenvalue weighted by Gasteiger charge is 2.17. The van der Waals surface area contributed by atoms with Crippen molar-refractivity contribution in [1.82, 2.24) is 5.32 Å². The molecule has 122 valence electrons. The SMILES string of the molecule is CCC(Oc1ccccc1)C(=O)NCc1ccc2ccccc2c1. The Morgan fingerprint density at radius 3 is 2.42 bits per heavy atom. The van der Waals surface area contributed by atoms with Crippen LogP contribution >= 0.6 is 0 Å². The van der Waals surface area contributed by atoms with Crippen molar-refractivity contribution in [3.05, 3.63) is 78.4 Å². The Balaban J connectivity index is 1.62. The standard InChI is InChI=1S/C21H21NO2/c1-2-20(24-19-10-4-3-5-11-19)21(23)22-15-16-12-13-17-8-6-7-9-18(17)14-16/h3-14,20H,2,15H2,1H3,(H,22,23). The average Bonchev–Trinajstić information content (AvgIpc) is 2.65. The predicted molar refractivity (Wildman–Crippen MR) is 96.9 cm³/mol. The lowest BCUT2D eigenvalue weighted by Gasteiger charge is -2.17. The molecule has 1 atom stereocenters. The summed E-state index contributed by atoms with van der Waals surface area (Å²) in [5.74, 6) is 0.625. The number of ether oxygens (including phenoxy) is 1. The fraction of sp³-hybridized carbons (Fsp3) is 0.190. The van der Waals surface area contributed by atoms with Gasteiger partial charge in [-0.1, -0.05) is 61.5 Å². The van der Waals surface area contributed by atoms with Gasteiger partial charge in [0.25, 0.3) is 5.91 Å². The first-order chi connectivity index (χ1) is 11.8. The van der Waals surface area contributed by atoms with Gasteiger partial charge in [0, 0.05) is 6.54 Å². The summed E-state index contributed by atoms with van der Waals surface area (Å²) in [6.07, 6.45) is 0.145. The molecule has 0 radical (unpaired) electrons. The number of carbonyl (C=O) groups excluding carboxylic acids is 1. The van der Waals surface area contributed by atoms with Crippen LogP contribution in [0.2, 0.25) is 0 Å². The number of fused-ring (bicyclic) bond motifs is 1. The van der Waals surface area contributed by atoms with Gasteiger partial charge in [0.15, 0.2) is 6.10 Å². The normalized spacial score (nSPS) is 11.9. The third kappa shape index (κ3) is 3.93. The third-order valence-corrected chi connectivity index (χ3v) is 3.97. The van der Waals surface area contributed by atoms with Gasteiger partial charge in [-0.15, -0.1) is 0 Å². The van der Waals surface area contributed by atoms with Gasteiger partial charge in [0.2, 0.25) is 0 Å². The van der Waals surface area contributed by atoms with Crippen LogP contribution in [-0.2, 0) is 11.3 Å². The molecule has 0 fully saturated rings. The van der Waals surface area contributed by atoms with Crippen LogP contribution in [0, 0.1) is 0 Å². The predicted octanol–water partition coefficient (Wildman–Crippen LogP) is 4.31. The third-order valence-electron chi connectivity index (χ3n) is 3.97. The second kappa shape index (κ2) is 7.64. The van der Waals surface area contributed by atoms with Gasteiger partial charge in [-0.3, -0.25) is 4.79 Å². The van der Waals surface area contributed by atoms with Crippen LogP contribution in [0.15, 0.2) is 72.8 Å². The Kier molecular flexibility index (Phi) is 5.12. The zero-order valence-corrected chi connectivity index (χ0v) is 13.7. The van der Waals surface area contributed by atoms with Gasteiger partial charge < -0.3 is 10.1 Å². The number of benzene rings is 3. The molecule has 1 amide bonds. The molecule has 24 heavy (non-hydrogen) atoms. The first-order valence-electron chi connectivity index (χ1n) is 8.23. The van der Waals surface area contributed by atoms with E-state index in [9.17, 15) is 4.79 Å². The van der Waals surface area contributed by atoms with Gasteiger partial charge in [0.05, 0.1) is 0 Å². The van der Waals surface area contributed by atoms with E-state index in [0.717, 1.165) is 5.56 Å². The second-order valence-electron chi connectivity index (χ2n) is 5.73. The quantitative estimate of drug-likeness (QED) is 0.735. The zero-order valence-electron chi connectivity index (χ0n) is 13.7. The van der Waals surface area contributed by atoms with Gasteiger partial charge >= 0.3 is 0 Å². The van der Waals surface area contributed by atoms with E-state index >= 15 is 0 Å². The van der Waals surface area contributed by atoms with Crippen molar-refractivity contribution in [3.63, 3.8) is 0 Å². The van der Waals surface area contributed by atoms with E-state index in [1.54, 1.807) is 0 Å². The van der Waals surface area contributed by atoms with Gasteiger partial charge in [-0.2, -0.15) is 0 Å². The minimum Gasteiger partial charge on any atom is -0.481 e. The van der Waals surface area contributed by atoms with E-state index in [4.69, 9.17) is 4.74 Å². The minimum atomic E-state index is -0.479. The lowest BCUT2D eigenvalue weighted by molar-refractivity contribution is -0.128. The van der Waals surface area contributed by atoms with E-state index in [-0.39, 0.29) is 5.91 Å². The Morgan fingerprint density at radius 1 is 0.958 bits per heavy atom. The van der Waals surface area contributed by atoms with Crippen molar-refractivity contribution >= 4 is 16.7 Å². The van der Waals surface area contributed by atoms with Crippen molar-refractivity contribution in [2.75, 3.05) is 0 Å². The summed E-state index contributed by atoms with van der Waals surface area (Å²) < 4.78 is 5.77. The molecule has 0 spiro atoms. The number of nitrogens with one attached hydrogen (secondary N) is 1. The van der Waals surface area contributed by atoms with E-state index in [1.807, 2.05) is 55.5 Å². The van der Waals surface area contributed by atoms with Crippen molar-refractivity contribution in [2.45, 2.75) is 26.0 Å². The van der Waals surface area contributed by atoms with Crippen LogP contribution in [-0.4, -0.2) is 12.0 Å². The molecule has 0 saturated carbocycles. The first kappa shape index (κ1) is 16.1. The monoisotopic (exact) mass is 319 g/mol. The van der Waals surface area contributed by atoms with Crippen molar-refractivity contribution in [2.24, 2.45) is 0 Å². The molecule has 0 aliphatic carbocycles. The Bertz CT molecular complexity index is 814. The molecule has 0 bridgehead atoms. The molecule has 3 rings (SSSR count). The Labute approximate surface area is 142 Å². The molecule has 3 aromatic rings. The molecule has 3 nitrogen and oxygen atoms in total. The molecule has 0 heterocycles. The molecular weight excluding hydrogens is 298 g/mol. The molecule has 1 unspecified atom stereocenters. The number of hydrogen-bond donors (Lipinski definition) is 1. The van der Waals surface area contributed by atoms with E-state index < -0.39 is 6.10 Å². The van der Waals surface area contributed by atoms with E-state index in [0.29, 0.717) is 18.7 Å². The summed E-state index contributed by atoms with van der Waals surface area (Å²) in [5, 5.41) is 5.35. The number of carbonyl (C=O) groups is 1. The summed E-state index contributed by atoms with van der Waals surface area (Å²) in [5.41, 5.74) is 1.08. The largest absolute Gasteiger partial charge is 0.481 e. The van der Waals surface area contributed by atoms with Crippen LogP contribution in [0.5, 0.6) is 5.75 Å². The lowest BCUT2D eigenvalue weighted by Crippen LogP contribution is -2.37. The first-order valence-corrected chi connectivity index (χ1v) is 8.23. The number of amides is 1. The molecule has 0 aliphatic heterocycles. The highest BCUT2D eigenvalue weighted by atomic mass is 16.5. The number of hydrogen-bond acceptors (Lipinski definition) is 2. The fourth-order valence-corrected chi connectivity index (χ4v) is 2.64. The van der Waals surface area contributed by atoms with Crippen LogP contribution in [0.1, 0.15) is 18.9 Å². The van der Waals surface area contributed by atoms with Gasteiger partial charge in [0.1, 0.15) is 5.75 Å². The van der Waals surface area contributed by atoms with E-state index in [1.165, 1.54) is 10.8 Å². The maximum atomic E-state index is 12.4. The topological polar surface area (TPSA) is 38.3 Å². The van der Waals surface area contributed by atoms with Crippen molar-refractivity contribution in [3.8, 4) is 5.75 Å². The molecule has 0 aliphatic rings. The fourth-order valence-electron chi connectivity index (χ4n) is 2.64. The molecule has 3 heteroatoms. The molecule has 3 aromatic carbocycles. The zero-order chi connectivity index (χ0) is 16.8. The summed E-state index contributed by atoms with van der Waals surface area (Å²) in [6, 6.07) is 23.9. The minimum absolute atomic E-state index is 0.0884. The van der Waals surface area contributed by atoms with Crippen molar-refractivity contribution in [1.29, 1.82) is 0 Å². The van der Waals surface area contributed by atoms with Gasteiger partial charge in [-0.25, -0.2) is 0 Å². The highest BCUT2D eigenvalue weighted by Crippen LogP contribution is 2.16. The average molecular weight is 319 g/mol. The van der Waals surface area contributed by atoms with E-state index in [2.05, 4.69) is 29.6 Å². The molecular formula is C21H21NO2. The summed E-state index contributed by atoms with van der Waals surface area (Å²) >= 11 is 0. The maximum absolute atomic E-state index is 12.4. The Hall–Kier alpha value is -2.81. The lowest BCUT2D eigenvalue weighted by atomic mass is 10.1. The van der Waals surface area contributed by atoms with Crippen LogP contribution < -0.4 is 10.1 Å². The van der Waals surface area contributed by atoms with Crippen molar-refractivity contribution < 1.29 is 9.53 Å². The molecule has 1 N–H and O–H groups in total. The molecule has 0 saturated heterocycles. The smallest absolute Gasteiger partial charge is 0.261 e. The summed E-state index contributed by atoms with van der Waals surface area (Å²) in [4.78, 5) is 12.4. The number of rotatable bonds is 6. The van der Waals surface area contributed by atoms with Gasteiger partial charge in [-0.05, 0) is 41.0 Å². The number of para-hydroxylation sites is 1. The maximum Gasteiger partial charge on any atom is 0.261 e. The summed E-state index contributed by atoms with van der Waals surface area (Å²) in [7, 11) is 0. The highest BCUT2D eigenvalue weighted by molar-refractivity contribution is 5.83. The van der Waals surface area contributed by atoms with Crippen LogP contribution in [0.3, 0.4) is 0 Å². The molecule has 0 aromatic heterocycles. The van der Waals surface area contributed by atoms with Crippen LogP contribution in [0.4, 0.5) is 0 Å². The Morgan fingerprint density at radius 2 is 1.67 bits per heavy atom.